The lowest BCUT2D eigenvalue weighted by atomic mass is 10.5. The quantitative estimate of drug-likeness (QED) is 0.751. The van der Waals surface area contributed by atoms with Crippen LogP contribution >= 0.6 is 31.9 Å². The van der Waals surface area contributed by atoms with Crippen molar-refractivity contribution in [2.45, 2.75) is 13.8 Å². The van der Waals surface area contributed by atoms with E-state index in [2.05, 4.69) is 31.9 Å². The molecule has 0 heterocycles. The molecule has 0 saturated carbocycles. The normalized spacial score (nSPS) is 13.0. The molecule has 72 valence electrons. The van der Waals surface area contributed by atoms with Crippen LogP contribution in [0.4, 0.5) is 0 Å². The molecule has 0 aromatic heterocycles. The molecular formula is C8H14Br2O2. The smallest absolute Gasteiger partial charge is 0.0790 e. The fourth-order valence-corrected chi connectivity index (χ4v) is 1.09. The maximum absolute atomic E-state index is 5.21. The molecule has 0 aliphatic heterocycles. The third-order valence-corrected chi connectivity index (χ3v) is 3.11. The zero-order chi connectivity index (χ0) is 9.40. The van der Waals surface area contributed by atoms with E-state index in [9.17, 15) is 0 Å². The lowest BCUT2D eigenvalue weighted by Crippen LogP contribution is -1.99. The van der Waals surface area contributed by atoms with Gasteiger partial charge in [0.25, 0.3) is 0 Å². The molecule has 0 unspecified atom stereocenters. The van der Waals surface area contributed by atoms with Gasteiger partial charge in [0.1, 0.15) is 0 Å². The summed E-state index contributed by atoms with van der Waals surface area (Å²) in [6, 6.07) is 0. The van der Waals surface area contributed by atoms with Gasteiger partial charge in [-0.1, -0.05) is 31.9 Å². The fraction of sp³-hybridized carbons (Fsp3) is 0.750. The standard InChI is InChI=1S/C8H14Br2O2/c1-3-11-5-7(9)8(10)6-12-4-2/h3-6H2,1-2H3/b8-7+. The Labute approximate surface area is 90.6 Å². The number of halogens is 2. The molecule has 0 radical (unpaired) electrons. The molecule has 0 aromatic carbocycles. The predicted octanol–water partition coefficient (Wildman–Crippen LogP) is 3.06. The van der Waals surface area contributed by atoms with E-state index in [4.69, 9.17) is 9.47 Å². The summed E-state index contributed by atoms with van der Waals surface area (Å²) < 4.78 is 12.4. The molecule has 0 aliphatic carbocycles. The third-order valence-electron chi connectivity index (χ3n) is 1.16. The van der Waals surface area contributed by atoms with Crippen LogP contribution in [0.2, 0.25) is 0 Å². The van der Waals surface area contributed by atoms with Crippen LogP contribution in [0.1, 0.15) is 13.8 Å². The van der Waals surface area contributed by atoms with Gasteiger partial charge in [-0.15, -0.1) is 0 Å². The van der Waals surface area contributed by atoms with E-state index in [-0.39, 0.29) is 0 Å². The molecule has 0 bridgehead atoms. The van der Waals surface area contributed by atoms with E-state index < -0.39 is 0 Å². The molecule has 0 amide bonds. The maximum atomic E-state index is 5.21. The van der Waals surface area contributed by atoms with E-state index in [0.717, 1.165) is 22.2 Å². The van der Waals surface area contributed by atoms with Gasteiger partial charge in [-0.2, -0.15) is 0 Å². The zero-order valence-corrected chi connectivity index (χ0v) is 10.6. The van der Waals surface area contributed by atoms with Crippen LogP contribution < -0.4 is 0 Å². The lowest BCUT2D eigenvalue weighted by molar-refractivity contribution is 0.166. The number of ether oxygens (including phenoxy) is 2. The first-order valence-electron chi connectivity index (χ1n) is 3.90. The Kier molecular flexibility index (Phi) is 8.65. The Morgan fingerprint density at radius 1 is 0.917 bits per heavy atom. The highest BCUT2D eigenvalue weighted by atomic mass is 79.9. The molecule has 12 heavy (non-hydrogen) atoms. The SMILES string of the molecule is CCOC/C(Br)=C(\Br)COCC. The molecule has 0 fully saturated rings. The van der Waals surface area contributed by atoms with Gasteiger partial charge in [-0.05, 0) is 13.8 Å². The van der Waals surface area contributed by atoms with Crippen molar-refractivity contribution < 1.29 is 9.47 Å². The van der Waals surface area contributed by atoms with Crippen LogP contribution in [0.15, 0.2) is 8.96 Å². The zero-order valence-electron chi connectivity index (χ0n) is 7.40. The van der Waals surface area contributed by atoms with Crippen molar-refractivity contribution >= 4 is 31.9 Å². The molecule has 0 spiro atoms. The Balaban J connectivity index is 3.72. The molecule has 0 N–H and O–H groups in total. The van der Waals surface area contributed by atoms with Crippen LogP contribution in [0, 0.1) is 0 Å². The highest BCUT2D eigenvalue weighted by Crippen LogP contribution is 2.18. The van der Waals surface area contributed by atoms with Gasteiger partial charge < -0.3 is 9.47 Å². The summed E-state index contributed by atoms with van der Waals surface area (Å²) in [4.78, 5) is 0. The summed E-state index contributed by atoms with van der Waals surface area (Å²) in [5, 5.41) is 0. The van der Waals surface area contributed by atoms with E-state index >= 15 is 0 Å². The summed E-state index contributed by atoms with van der Waals surface area (Å²) >= 11 is 6.80. The average Bonchev–Trinajstić information content (AvgIpc) is 2.10. The first kappa shape index (κ1) is 12.6. The van der Waals surface area contributed by atoms with Crippen molar-refractivity contribution in [2.24, 2.45) is 0 Å². The lowest BCUT2D eigenvalue weighted by Gasteiger charge is -2.04. The molecular weight excluding hydrogens is 288 g/mol. The number of hydrogen-bond acceptors (Lipinski definition) is 2. The van der Waals surface area contributed by atoms with Gasteiger partial charge in [-0.3, -0.25) is 0 Å². The Morgan fingerprint density at radius 2 is 1.25 bits per heavy atom. The van der Waals surface area contributed by atoms with Gasteiger partial charge in [0.2, 0.25) is 0 Å². The summed E-state index contributed by atoms with van der Waals surface area (Å²) in [5.74, 6) is 0. The average molecular weight is 302 g/mol. The second-order valence-corrected chi connectivity index (χ2v) is 4.00. The molecule has 2 nitrogen and oxygen atoms in total. The fourth-order valence-electron chi connectivity index (χ4n) is 0.540. The van der Waals surface area contributed by atoms with Gasteiger partial charge in [-0.25, -0.2) is 0 Å². The highest BCUT2D eigenvalue weighted by molar-refractivity contribution is 9.14. The second-order valence-electron chi connectivity index (χ2n) is 2.08. The number of rotatable bonds is 6. The van der Waals surface area contributed by atoms with Crippen LogP contribution in [0.5, 0.6) is 0 Å². The summed E-state index contributed by atoms with van der Waals surface area (Å²) in [6.45, 7) is 6.59. The van der Waals surface area contributed by atoms with E-state index in [1.165, 1.54) is 0 Å². The molecule has 0 saturated heterocycles. The highest BCUT2D eigenvalue weighted by Gasteiger charge is 2.00. The third kappa shape index (κ3) is 6.17. The molecule has 4 heteroatoms. The van der Waals surface area contributed by atoms with Crippen molar-refractivity contribution in [3.05, 3.63) is 8.96 Å². The molecule has 0 atom stereocenters. The topological polar surface area (TPSA) is 18.5 Å². The predicted molar refractivity (Wildman–Crippen MR) is 57.9 cm³/mol. The summed E-state index contributed by atoms with van der Waals surface area (Å²) in [7, 11) is 0. The Morgan fingerprint density at radius 3 is 1.50 bits per heavy atom. The minimum Gasteiger partial charge on any atom is -0.376 e. The van der Waals surface area contributed by atoms with Crippen LogP contribution in [-0.4, -0.2) is 26.4 Å². The largest absolute Gasteiger partial charge is 0.376 e. The maximum Gasteiger partial charge on any atom is 0.0790 e. The van der Waals surface area contributed by atoms with Gasteiger partial charge in [0, 0.05) is 22.2 Å². The van der Waals surface area contributed by atoms with Crippen molar-refractivity contribution in [1.29, 1.82) is 0 Å². The molecule has 0 rings (SSSR count). The van der Waals surface area contributed by atoms with E-state index in [0.29, 0.717) is 13.2 Å². The Hall–Kier alpha value is 0.620. The minimum absolute atomic E-state index is 0.601. The van der Waals surface area contributed by atoms with Crippen molar-refractivity contribution in [3.8, 4) is 0 Å². The van der Waals surface area contributed by atoms with Crippen molar-refractivity contribution in [3.63, 3.8) is 0 Å². The van der Waals surface area contributed by atoms with Crippen molar-refractivity contribution in [1.82, 2.24) is 0 Å². The first-order chi connectivity index (χ1) is 5.72. The molecule has 0 aliphatic rings. The van der Waals surface area contributed by atoms with Crippen LogP contribution in [-0.2, 0) is 9.47 Å². The first-order valence-corrected chi connectivity index (χ1v) is 5.49. The van der Waals surface area contributed by atoms with Gasteiger partial charge >= 0.3 is 0 Å². The molecule has 0 aromatic rings. The summed E-state index contributed by atoms with van der Waals surface area (Å²) in [6.07, 6.45) is 0. The summed E-state index contributed by atoms with van der Waals surface area (Å²) in [5.41, 5.74) is 0. The van der Waals surface area contributed by atoms with Gasteiger partial charge in [0.05, 0.1) is 13.2 Å². The minimum atomic E-state index is 0.601. The van der Waals surface area contributed by atoms with Crippen molar-refractivity contribution in [2.75, 3.05) is 26.4 Å². The van der Waals surface area contributed by atoms with E-state index in [1.807, 2.05) is 13.8 Å². The Bertz CT molecular complexity index is 130. The monoisotopic (exact) mass is 300 g/mol. The van der Waals surface area contributed by atoms with Crippen LogP contribution in [0.3, 0.4) is 0 Å². The van der Waals surface area contributed by atoms with Gasteiger partial charge in [0.15, 0.2) is 0 Å². The second kappa shape index (κ2) is 8.23. The van der Waals surface area contributed by atoms with Crippen LogP contribution in [0.25, 0.3) is 0 Å². The number of hydrogen-bond donors (Lipinski definition) is 0. The van der Waals surface area contributed by atoms with E-state index in [1.54, 1.807) is 0 Å².